The van der Waals surface area contributed by atoms with Crippen LogP contribution in [0.5, 0.6) is 0 Å². The molecule has 1 aliphatic heterocycles. The number of likely N-dealkylation sites (N-methyl/N-ethyl adjacent to an activating group) is 1. The lowest BCUT2D eigenvalue weighted by Gasteiger charge is -2.19. The Hall–Kier alpha value is -0.780. The number of carbonyl (C=O) groups excluding carboxylic acids is 1. The summed E-state index contributed by atoms with van der Waals surface area (Å²) in [6.45, 7) is 2.52. The van der Waals surface area contributed by atoms with Gasteiger partial charge in [0, 0.05) is 24.2 Å². The fourth-order valence-electron chi connectivity index (χ4n) is 2.03. The summed E-state index contributed by atoms with van der Waals surface area (Å²) in [6.07, 6.45) is 4.14. The Labute approximate surface area is 99.7 Å². The fraction of sp³-hybridized carbons (Fsp3) is 0.636. The summed E-state index contributed by atoms with van der Waals surface area (Å²) in [5.74, 6) is 0.121. The van der Waals surface area contributed by atoms with Crippen LogP contribution in [0.4, 0.5) is 0 Å². The predicted molar refractivity (Wildman–Crippen MR) is 65.0 cm³/mol. The normalized spacial score (nSPS) is 20.5. The molecule has 0 aliphatic carbocycles. The highest BCUT2D eigenvalue weighted by molar-refractivity contribution is 7.11. The summed E-state index contributed by atoms with van der Waals surface area (Å²) in [4.78, 5) is 17.9. The van der Waals surface area contributed by atoms with E-state index < -0.39 is 0 Å². The first-order valence-electron chi connectivity index (χ1n) is 5.60. The second-order valence-corrected chi connectivity index (χ2v) is 5.15. The first kappa shape index (κ1) is 11.7. The fourth-order valence-corrected chi connectivity index (χ4v) is 2.60. The number of aromatic nitrogens is 1. The monoisotopic (exact) mass is 239 g/mol. The Balaban J connectivity index is 1.78. The van der Waals surface area contributed by atoms with Gasteiger partial charge in [0.1, 0.15) is 0 Å². The van der Waals surface area contributed by atoms with Crippen molar-refractivity contribution in [2.45, 2.75) is 18.9 Å². The molecule has 1 aliphatic rings. The van der Waals surface area contributed by atoms with Crippen molar-refractivity contribution in [1.82, 2.24) is 15.2 Å². The molecule has 1 aromatic rings. The molecule has 2 heterocycles. The number of rotatable bonds is 5. The summed E-state index contributed by atoms with van der Waals surface area (Å²) >= 11 is 1.41. The van der Waals surface area contributed by atoms with Crippen LogP contribution < -0.4 is 5.32 Å². The van der Waals surface area contributed by atoms with E-state index in [1.165, 1.54) is 24.2 Å². The Morgan fingerprint density at radius 3 is 3.25 bits per heavy atom. The molecule has 16 heavy (non-hydrogen) atoms. The molecule has 0 saturated carbocycles. The van der Waals surface area contributed by atoms with Gasteiger partial charge in [0.2, 0.25) is 5.78 Å². The number of thiazole rings is 1. The van der Waals surface area contributed by atoms with Gasteiger partial charge >= 0.3 is 0 Å². The summed E-state index contributed by atoms with van der Waals surface area (Å²) < 4.78 is 0. The Bertz CT molecular complexity index is 333. The molecular formula is C11H17N3OS. The van der Waals surface area contributed by atoms with Crippen LogP contribution in [0, 0.1) is 0 Å². The highest BCUT2D eigenvalue weighted by Crippen LogP contribution is 2.08. The van der Waals surface area contributed by atoms with Gasteiger partial charge in [-0.25, -0.2) is 4.98 Å². The molecule has 5 heteroatoms. The summed E-state index contributed by atoms with van der Waals surface area (Å²) in [5.41, 5.74) is 0. The summed E-state index contributed by atoms with van der Waals surface area (Å²) in [7, 11) is 1.99. The maximum atomic E-state index is 11.8. The molecule has 0 radical (unpaired) electrons. The second kappa shape index (κ2) is 5.52. The first-order valence-corrected chi connectivity index (χ1v) is 6.48. The van der Waals surface area contributed by atoms with Crippen LogP contribution in [0.3, 0.4) is 0 Å². The van der Waals surface area contributed by atoms with Gasteiger partial charge in [0.05, 0.1) is 6.54 Å². The van der Waals surface area contributed by atoms with E-state index >= 15 is 0 Å². The highest BCUT2D eigenvalue weighted by Gasteiger charge is 2.18. The van der Waals surface area contributed by atoms with E-state index in [9.17, 15) is 4.79 Å². The van der Waals surface area contributed by atoms with Gasteiger partial charge in [-0.3, -0.25) is 9.69 Å². The predicted octanol–water partition coefficient (Wildman–Crippen LogP) is 1.01. The van der Waals surface area contributed by atoms with Gasteiger partial charge in [0.25, 0.3) is 0 Å². The molecule has 1 atom stereocenters. The zero-order chi connectivity index (χ0) is 11.4. The number of nitrogens with zero attached hydrogens (tertiary/aromatic N) is 2. The van der Waals surface area contributed by atoms with Gasteiger partial charge in [-0.15, -0.1) is 11.3 Å². The summed E-state index contributed by atoms with van der Waals surface area (Å²) in [6, 6.07) is 0.550. The van der Waals surface area contributed by atoms with Crippen molar-refractivity contribution in [2.24, 2.45) is 0 Å². The third kappa shape index (κ3) is 3.10. The molecule has 1 aromatic heterocycles. The van der Waals surface area contributed by atoms with Crippen molar-refractivity contribution >= 4 is 17.1 Å². The number of ketones is 1. The zero-order valence-corrected chi connectivity index (χ0v) is 10.3. The minimum Gasteiger partial charge on any atom is -0.313 e. The standard InChI is InChI=1S/C11H17N3OS/c1-14(7-9-3-2-4-12-9)8-10(15)11-13-5-6-16-11/h5-6,9,12H,2-4,7-8H2,1H3/t9-/m0/s1. The molecule has 0 bridgehead atoms. The van der Waals surface area contributed by atoms with Crippen molar-refractivity contribution in [3.05, 3.63) is 16.6 Å². The van der Waals surface area contributed by atoms with Crippen molar-refractivity contribution in [3.63, 3.8) is 0 Å². The Morgan fingerprint density at radius 2 is 2.62 bits per heavy atom. The lowest BCUT2D eigenvalue weighted by Crippen LogP contribution is -2.37. The van der Waals surface area contributed by atoms with Crippen molar-refractivity contribution in [3.8, 4) is 0 Å². The number of carbonyl (C=O) groups is 1. The quantitative estimate of drug-likeness (QED) is 0.779. The SMILES string of the molecule is CN(CC(=O)c1nccs1)C[C@@H]1CCCN1. The third-order valence-electron chi connectivity index (χ3n) is 2.78. The smallest absolute Gasteiger partial charge is 0.205 e. The Kier molecular flexibility index (Phi) is 4.04. The zero-order valence-electron chi connectivity index (χ0n) is 9.48. The maximum Gasteiger partial charge on any atom is 0.205 e. The topological polar surface area (TPSA) is 45.2 Å². The van der Waals surface area contributed by atoms with Crippen LogP contribution in [-0.2, 0) is 0 Å². The average Bonchev–Trinajstić information content (AvgIpc) is 2.88. The third-order valence-corrected chi connectivity index (χ3v) is 3.59. The van der Waals surface area contributed by atoms with Crippen molar-refractivity contribution in [1.29, 1.82) is 0 Å². The van der Waals surface area contributed by atoms with E-state index in [0.29, 0.717) is 17.6 Å². The minimum atomic E-state index is 0.121. The number of nitrogens with one attached hydrogen (secondary N) is 1. The van der Waals surface area contributed by atoms with Gasteiger partial charge in [-0.1, -0.05) is 0 Å². The summed E-state index contributed by atoms with van der Waals surface area (Å²) in [5, 5.41) is 5.89. The van der Waals surface area contributed by atoms with E-state index in [2.05, 4.69) is 15.2 Å². The maximum absolute atomic E-state index is 11.8. The second-order valence-electron chi connectivity index (χ2n) is 4.25. The lowest BCUT2D eigenvalue weighted by atomic mass is 10.2. The van der Waals surface area contributed by atoms with Crippen LogP contribution in [-0.4, -0.2) is 48.4 Å². The van der Waals surface area contributed by atoms with Gasteiger partial charge in [0.15, 0.2) is 5.01 Å². The largest absolute Gasteiger partial charge is 0.313 e. The van der Waals surface area contributed by atoms with E-state index in [1.807, 2.05) is 12.4 Å². The molecule has 0 unspecified atom stereocenters. The lowest BCUT2D eigenvalue weighted by molar-refractivity contribution is 0.0942. The van der Waals surface area contributed by atoms with E-state index in [1.54, 1.807) is 6.20 Å². The molecule has 0 amide bonds. The van der Waals surface area contributed by atoms with Gasteiger partial charge < -0.3 is 5.32 Å². The highest BCUT2D eigenvalue weighted by atomic mass is 32.1. The van der Waals surface area contributed by atoms with Crippen LogP contribution in [0.2, 0.25) is 0 Å². The van der Waals surface area contributed by atoms with E-state index in [4.69, 9.17) is 0 Å². The molecule has 2 rings (SSSR count). The average molecular weight is 239 g/mol. The first-order chi connectivity index (χ1) is 7.75. The van der Waals surface area contributed by atoms with Crippen molar-refractivity contribution < 1.29 is 4.79 Å². The van der Waals surface area contributed by atoms with Crippen LogP contribution in [0.1, 0.15) is 22.6 Å². The van der Waals surface area contributed by atoms with Gasteiger partial charge in [-0.05, 0) is 26.4 Å². The minimum absolute atomic E-state index is 0.121. The van der Waals surface area contributed by atoms with Crippen LogP contribution in [0.25, 0.3) is 0 Å². The van der Waals surface area contributed by atoms with Gasteiger partial charge in [-0.2, -0.15) is 0 Å². The molecule has 4 nitrogen and oxygen atoms in total. The van der Waals surface area contributed by atoms with Crippen LogP contribution >= 0.6 is 11.3 Å². The molecule has 88 valence electrons. The molecule has 1 fully saturated rings. The number of hydrogen-bond acceptors (Lipinski definition) is 5. The molecule has 0 spiro atoms. The Morgan fingerprint density at radius 1 is 1.75 bits per heavy atom. The van der Waals surface area contributed by atoms with Crippen LogP contribution in [0.15, 0.2) is 11.6 Å². The molecule has 0 aromatic carbocycles. The molecule has 1 N–H and O–H groups in total. The van der Waals surface area contributed by atoms with Crippen molar-refractivity contribution in [2.75, 3.05) is 26.7 Å². The molecular weight excluding hydrogens is 222 g/mol. The van der Waals surface area contributed by atoms with E-state index in [0.717, 1.165) is 13.1 Å². The number of Topliss-reactive ketones (excluding diaryl/α,β-unsaturated/α-hetero) is 1. The number of hydrogen-bond donors (Lipinski definition) is 1. The molecule has 1 saturated heterocycles. The van der Waals surface area contributed by atoms with E-state index in [-0.39, 0.29) is 5.78 Å².